The van der Waals surface area contributed by atoms with Crippen molar-refractivity contribution in [3.05, 3.63) is 70.1 Å². The second kappa shape index (κ2) is 7.46. The van der Waals surface area contributed by atoms with Gasteiger partial charge in [0.25, 0.3) is 0 Å². The van der Waals surface area contributed by atoms with Crippen LogP contribution < -0.4 is 0 Å². The number of hydrogen-bond donors (Lipinski definition) is 0. The predicted molar refractivity (Wildman–Crippen MR) is 98.5 cm³/mol. The average molecular weight is 368 g/mol. The van der Waals surface area contributed by atoms with Crippen molar-refractivity contribution >= 4 is 16.8 Å². The Bertz CT molecular complexity index is 920. The molecule has 1 saturated carbocycles. The van der Waals surface area contributed by atoms with Crippen molar-refractivity contribution in [2.24, 2.45) is 0 Å². The summed E-state index contributed by atoms with van der Waals surface area (Å²) in [6, 6.07) is 14.1. The minimum absolute atomic E-state index is 0.103. The Balaban J connectivity index is 0.000000250. The lowest BCUT2D eigenvalue weighted by Crippen LogP contribution is -2.25. The van der Waals surface area contributed by atoms with Crippen LogP contribution in [-0.2, 0) is 9.47 Å². The summed E-state index contributed by atoms with van der Waals surface area (Å²) >= 11 is 0. The molecule has 6 rings (SSSR count). The maximum absolute atomic E-state index is 11.0. The van der Waals surface area contributed by atoms with E-state index < -0.39 is 11.0 Å². The van der Waals surface area contributed by atoms with E-state index in [1.807, 2.05) is 30.3 Å². The van der Waals surface area contributed by atoms with Gasteiger partial charge < -0.3 is 13.9 Å². The molecule has 2 aliphatic heterocycles. The molecule has 3 fully saturated rings. The highest BCUT2D eigenvalue weighted by Crippen LogP contribution is 2.36. The van der Waals surface area contributed by atoms with Gasteiger partial charge in [0.15, 0.2) is 6.10 Å². The number of nitro benzene ring substituents is 1. The summed E-state index contributed by atoms with van der Waals surface area (Å²) in [5, 5.41) is 11.0. The van der Waals surface area contributed by atoms with E-state index >= 15 is 0 Å². The minimum Gasteiger partial charge on any atom is -0.430 e. The van der Waals surface area contributed by atoms with Gasteiger partial charge in [0, 0.05) is 13.2 Å². The predicted octanol–water partition coefficient (Wildman–Crippen LogP) is 4.41. The SMILES string of the molecule is C1CC2CC1O2.COC(c1ccccc1)c1nc2cccc([N+](=O)[O-])c2o1. The van der Waals surface area contributed by atoms with E-state index in [-0.39, 0.29) is 11.3 Å². The molecule has 2 bridgehead atoms. The standard InChI is InChI=1S/C15H12N2O4.C5H8O/c1-20-13(10-6-3-2-4-7-10)15-16-11-8-5-9-12(17(18)19)14(11)21-15;1-2-5-3-4(1)6-5/h2-9,13H,1H3;4-5H,1-3H2. The zero-order valence-electron chi connectivity index (χ0n) is 14.9. The molecule has 3 aliphatic rings. The van der Waals surface area contributed by atoms with Gasteiger partial charge in [-0.15, -0.1) is 0 Å². The van der Waals surface area contributed by atoms with Gasteiger partial charge in [-0.05, 0) is 30.9 Å². The van der Waals surface area contributed by atoms with E-state index in [1.165, 1.54) is 25.3 Å². The van der Waals surface area contributed by atoms with Gasteiger partial charge in [-0.3, -0.25) is 10.1 Å². The molecule has 0 spiro atoms. The summed E-state index contributed by atoms with van der Waals surface area (Å²) < 4.78 is 16.3. The highest BCUT2D eigenvalue weighted by molar-refractivity contribution is 5.82. The molecular weight excluding hydrogens is 348 g/mol. The molecule has 0 amide bonds. The summed E-state index contributed by atoms with van der Waals surface area (Å²) in [4.78, 5) is 14.8. The van der Waals surface area contributed by atoms with Crippen LogP contribution in [0.4, 0.5) is 5.69 Å². The molecule has 7 nitrogen and oxygen atoms in total. The Labute approximate surface area is 156 Å². The molecule has 1 aliphatic carbocycles. The average Bonchev–Trinajstić information content (AvgIpc) is 3.39. The summed E-state index contributed by atoms with van der Waals surface area (Å²) in [5.41, 5.74) is 1.37. The molecule has 3 aromatic rings. The van der Waals surface area contributed by atoms with E-state index in [0.29, 0.717) is 23.6 Å². The molecule has 3 atom stereocenters. The van der Waals surface area contributed by atoms with Crippen molar-refractivity contribution in [2.45, 2.75) is 37.6 Å². The lowest BCUT2D eigenvalue weighted by molar-refractivity contribution is -0.383. The fourth-order valence-electron chi connectivity index (χ4n) is 3.51. The number of hydrogen-bond acceptors (Lipinski definition) is 6. The van der Waals surface area contributed by atoms with Crippen molar-refractivity contribution in [3.8, 4) is 0 Å². The van der Waals surface area contributed by atoms with Gasteiger partial charge >= 0.3 is 5.69 Å². The van der Waals surface area contributed by atoms with Crippen LogP contribution in [0.15, 0.2) is 52.9 Å². The minimum atomic E-state index is -0.502. The Morgan fingerprint density at radius 1 is 1.15 bits per heavy atom. The van der Waals surface area contributed by atoms with E-state index in [9.17, 15) is 10.1 Å². The van der Waals surface area contributed by atoms with Crippen molar-refractivity contribution in [1.82, 2.24) is 4.98 Å². The molecule has 0 radical (unpaired) electrons. The van der Waals surface area contributed by atoms with Crippen LogP contribution >= 0.6 is 0 Å². The van der Waals surface area contributed by atoms with Crippen molar-refractivity contribution in [1.29, 1.82) is 0 Å². The van der Waals surface area contributed by atoms with Crippen LogP contribution in [0.3, 0.4) is 0 Å². The zero-order valence-corrected chi connectivity index (χ0v) is 14.9. The van der Waals surface area contributed by atoms with E-state index in [1.54, 1.807) is 19.2 Å². The van der Waals surface area contributed by atoms with Gasteiger partial charge in [0.1, 0.15) is 5.52 Å². The molecule has 3 unspecified atom stereocenters. The topological polar surface area (TPSA) is 87.6 Å². The molecule has 27 heavy (non-hydrogen) atoms. The first-order chi connectivity index (χ1) is 13.2. The number of aromatic nitrogens is 1. The van der Waals surface area contributed by atoms with Gasteiger partial charge in [-0.2, -0.15) is 0 Å². The first-order valence-electron chi connectivity index (χ1n) is 8.92. The Hall–Kier alpha value is -2.77. The summed E-state index contributed by atoms with van der Waals surface area (Å²) in [5.74, 6) is 0.299. The largest absolute Gasteiger partial charge is 0.430 e. The van der Waals surface area contributed by atoms with Crippen LogP contribution in [0.2, 0.25) is 0 Å². The summed E-state index contributed by atoms with van der Waals surface area (Å²) in [6.45, 7) is 0. The van der Waals surface area contributed by atoms with Gasteiger partial charge in [0.2, 0.25) is 11.5 Å². The monoisotopic (exact) mass is 368 g/mol. The molecule has 7 heteroatoms. The number of ether oxygens (including phenoxy) is 2. The van der Waals surface area contributed by atoms with Crippen LogP contribution in [0.1, 0.15) is 36.8 Å². The fraction of sp³-hybridized carbons (Fsp3) is 0.350. The van der Waals surface area contributed by atoms with Crippen molar-refractivity contribution < 1.29 is 18.8 Å². The number of benzene rings is 2. The normalized spacial score (nSPS) is 21.2. The molecule has 0 N–H and O–H groups in total. The molecule has 1 aromatic heterocycles. The number of rotatable bonds is 4. The maximum atomic E-state index is 11.0. The van der Waals surface area contributed by atoms with Crippen LogP contribution in [-0.4, -0.2) is 29.2 Å². The zero-order chi connectivity index (χ0) is 18.8. The van der Waals surface area contributed by atoms with Crippen LogP contribution in [0, 0.1) is 10.1 Å². The number of nitrogens with zero attached hydrogens (tertiary/aromatic N) is 2. The first kappa shape index (κ1) is 17.6. The highest BCUT2D eigenvalue weighted by atomic mass is 16.6. The lowest BCUT2D eigenvalue weighted by Gasteiger charge is -2.23. The number of non-ortho nitro benzene ring substituents is 1. The molecule has 2 aromatic carbocycles. The molecule has 3 heterocycles. The smallest absolute Gasteiger partial charge is 0.313 e. The maximum Gasteiger partial charge on any atom is 0.313 e. The molecule has 140 valence electrons. The Morgan fingerprint density at radius 2 is 1.85 bits per heavy atom. The molecule has 2 saturated heterocycles. The third-order valence-corrected chi connectivity index (χ3v) is 4.89. The van der Waals surface area contributed by atoms with Gasteiger partial charge in [-0.25, -0.2) is 4.98 Å². The van der Waals surface area contributed by atoms with E-state index in [4.69, 9.17) is 13.9 Å². The summed E-state index contributed by atoms with van der Waals surface area (Å²) in [6.07, 6.45) is 4.92. The van der Waals surface area contributed by atoms with Crippen molar-refractivity contribution in [3.63, 3.8) is 0 Å². The highest BCUT2D eigenvalue weighted by Gasteiger charge is 2.36. The summed E-state index contributed by atoms with van der Waals surface area (Å²) in [7, 11) is 1.54. The fourth-order valence-corrected chi connectivity index (χ4v) is 3.51. The number of para-hydroxylation sites is 1. The Kier molecular flexibility index (Phi) is 4.87. The number of fused-ring (bicyclic) bond motifs is 2. The number of oxazole rings is 1. The van der Waals surface area contributed by atoms with Gasteiger partial charge in [-0.1, -0.05) is 36.4 Å². The Morgan fingerprint density at radius 3 is 2.41 bits per heavy atom. The number of methoxy groups -OCH3 is 1. The number of nitro groups is 1. The quantitative estimate of drug-likeness (QED) is 0.501. The first-order valence-corrected chi connectivity index (χ1v) is 8.92. The third kappa shape index (κ3) is 3.56. The van der Waals surface area contributed by atoms with Crippen molar-refractivity contribution in [2.75, 3.05) is 7.11 Å². The second-order valence-electron chi connectivity index (χ2n) is 6.65. The molecular formula is C20H20N2O5. The van der Waals surface area contributed by atoms with E-state index in [2.05, 4.69) is 4.98 Å². The van der Waals surface area contributed by atoms with Crippen LogP contribution in [0.5, 0.6) is 0 Å². The lowest BCUT2D eigenvalue weighted by atomic mass is 10.1. The van der Waals surface area contributed by atoms with Gasteiger partial charge in [0.05, 0.1) is 17.1 Å². The second-order valence-corrected chi connectivity index (χ2v) is 6.65. The third-order valence-electron chi connectivity index (χ3n) is 4.89. The van der Waals surface area contributed by atoms with E-state index in [0.717, 1.165) is 5.56 Å². The van der Waals surface area contributed by atoms with Crippen LogP contribution in [0.25, 0.3) is 11.1 Å².